The summed E-state index contributed by atoms with van der Waals surface area (Å²) in [6.45, 7) is 1.79. The van der Waals surface area contributed by atoms with E-state index in [-0.39, 0.29) is 11.7 Å². The predicted octanol–water partition coefficient (Wildman–Crippen LogP) is 2.44. The van der Waals surface area contributed by atoms with E-state index in [1.54, 1.807) is 25.1 Å². The molecule has 1 aromatic rings. The third kappa shape index (κ3) is 2.58. The molecule has 0 bridgehead atoms. The zero-order chi connectivity index (χ0) is 14.8. The normalized spacial score (nSPS) is 18.0. The zero-order valence-corrected chi connectivity index (χ0v) is 12.1. The molecule has 20 heavy (non-hydrogen) atoms. The lowest BCUT2D eigenvalue weighted by Gasteiger charge is -2.29. The molecule has 0 atom stereocenters. The number of amides is 1. The highest BCUT2D eigenvalue weighted by Crippen LogP contribution is 2.30. The van der Waals surface area contributed by atoms with Crippen LogP contribution in [0, 0.1) is 6.92 Å². The number of halogens is 1. The molecule has 4 N–H and O–H groups in total. The molecule has 1 saturated carbocycles. The quantitative estimate of drug-likeness (QED) is 0.346. The number of carbonyl (C=O) groups excluding carboxylic acids is 1. The van der Waals surface area contributed by atoms with Gasteiger partial charge in [-0.2, -0.15) is 0 Å². The van der Waals surface area contributed by atoms with Gasteiger partial charge in [0.25, 0.3) is 5.91 Å². The number of carbonyl (C=O) groups is 1. The van der Waals surface area contributed by atoms with Crippen molar-refractivity contribution in [1.82, 2.24) is 5.32 Å². The molecule has 2 rings (SSSR count). The van der Waals surface area contributed by atoms with Gasteiger partial charge in [-0.3, -0.25) is 4.79 Å². The van der Waals surface area contributed by atoms with E-state index < -0.39 is 5.54 Å². The Labute approximate surface area is 122 Å². The van der Waals surface area contributed by atoms with E-state index in [4.69, 9.17) is 22.5 Å². The van der Waals surface area contributed by atoms with Crippen molar-refractivity contribution in [3.05, 3.63) is 34.3 Å². The average molecular weight is 296 g/mol. The number of rotatable bonds is 3. The maximum Gasteiger partial charge on any atom is 0.252 e. The second-order valence-electron chi connectivity index (χ2n) is 5.14. The van der Waals surface area contributed by atoms with Gasteiger partial charge in [0.05, 0.1) is 0 Å². The lowest BCUT2D eigenvalue weighted by Crippen LogP contribution is -2.55. The van der Waals surface area contributed by atoms with Crippen LogP contribution in [0.4, 0.5) is 0 Å². The van der Waals surface area contributed by atoms with Gasteiger partial charge < -0.3 is 16.3 Å². The fraction of sp³-hybridized carbons (Fsp3) is 0.429. The van der Waals surface area contributed by atoms with Crippen LogP contribution in [0.25, 0.3) is 0 Å². The lowest BCUT2D eigenvalue weighted by molar-refractivity contribution is 0.0922. The second kappa shape index (κ2) is 5.71. The van der Waals surface area contributed by atoms with Crippen molar-refractivity contribution in [2.45, 2.75) is 38.1 Å². The van der Waals surface area contributed by atoms with E-state index >= 15 is 0 Å². The van der Waals surface area contributed by atoms with Gasteiger partial charge in [-0.25, -0.2) is 0 Å². The fourth-order valence-corrected chi connectivity index (χ4v) is 2.83. The van der Waals surface area contributed by atoms with Crippen molar-refractivity contribution in [3.63, 3.8) is 0 Å². The molecular weight excluding hydrogens is 278 g/mol. The number of nitrogens with one attached hydrogen (secondary N) is 1. The minimum atomic E-state index is -0.749. The van der Waals surface area contributed by atoms with Crippen molar-refractivity contribution < 1.29 is 10.0 Å². The van der Waals surface area contributed by atoms with Crippen LogP contribution in [0.3, 0.4) is 0 Å². The molecule has 0 unspecified atom stereocenters. The van der Waals surface area contributed by atoms with E-state index in [2.05, 4.69) is 10.5 Å². The Bertz CT molecular complexity index is 551. The average Bonchev–Trinajstić information content (AvgIpc) is 2.90. The van der Waals surface area contributed by atoms with Crippen LogP contribution in [-0.2, 0) is 0 Å². The van der Waals surface area contributed by atoms with Crippen LogP contribution in [0.2, 0.25) is 5.02 Å². The lowest BCUT2D eigenvalue weighted by atomic mass is 9.95. The molecule has 1 aliphatic carbocycles. The van der Waals surface area contributed by atoms with Gasteiger partial charge in [0.2, 0.25) is 0 Å². The summed E-state index contributed by atoms with van der Waals surface area (Å²) in [7, 11) is 0. The smallest absolute Gasteiger partial charge is 0.252 e. The molecule has 0 spiro atoms. The largest absolute Gasteiger partial charge is 0.409 e. The molecule has 108 valence electrons. The molecule has 0 aliphatic heterocycles. The van der Waals surface area contributed by atoms with Crippen LogP contribution >= 0.6 is 11.6 Å². The van der Waals surface area contributed by atoms with E-state index in [1.807, 2.05) is 0 Å². The first-order chi connectivity index (χ1) is 9.50. The molecule has 1 aliphatic rings. The molecule has 0 radical (unpaired) electrons. The number of hydrogen-bond acceptors (Lipinski definition) is 3. The predicted molar refractivity (Wildman–Crippen MR) is 78.3 cm³/mol. The summed E-state index contributed by atoms with van der Waals surface area (Å²) < 4.78 is 0. The summed E-state index contributed by atoms with van der Waals surface area (Å²) in [5, 5.41) is 15.5. The Morgan fingerprint density at radius 2 is 2.10 bits per heavy atom. The van der Waals surface area contributed by atoms with Gasteiger partial charge >= 0.3 is 0 Å². The summed E-state index contributed by atoms with van der Waals surface area (Å²) in [5.41, 5.74) is 6.25. The molecule has 6 heteroatoms. The Hall–Kier alpha value is -1.75. The maximum absolute atomic E-state index is 12.4. The van der Waals surface area contributed by atoms with Gasteiger partial charge in [0.15, 0.2) is 5.84 Å². The van der Waals surface area contributed by atoms with E-state index in [9.17, 15) is 4.79 Å². The minimum Gasteiger partial charge on any atom is -0.409 e. The second-order valence-corrected chi connectivity index (χ2v) is 5.55. The molecule has 0 saturated heterocycles. The highest BCUT2D eigenvalue weighted by molar-refractivity contribution is 6.31. The molecule has 1 fully saturated rings. The summed E-state index contributed by atoms with van der Waals surface area (Å²) in [5.74, 6) is -0.193. The van der Waals surface area contributed by atoms with Crippen LogP contribution in [0.15, 0.2) is 23.4 Å². The molecular formula is C14H18ClN3O2. The molecule has 1 aromatic carbocycles. The van der Waals surface area contributed by atoms with Gasteiger partial charge in [-0.1, -0.05) is 35.7 Å². The van der Waals surface area contributed by atoms with Crippen molar-refractivity contribution in [2.75, 3.05) is 0 Å². The number of oxime groups is 1. The van der Waals surface area contributed by atoms with E-state index in [0.29, 0.717) is 23.4 Å². The monoisotopic (exact) mass is 295 g/mol. The molecule has 5 nitrogen and oxygen atoms in total. The summed E-state index contributed by atoms with van der Waals surface area (Å²) >= 11 is 6.03. The Kier molecular flexibility index (Phi) is 4.18. The number of amidine groups is 1. The van der Waals surface area contributed by atoms with Crippen LogP contribution < -0.4 is 11.1 Å². The molecule has 1 amide bonds. The third-order valence-electron chi connectivity index (χ3n) is 3.92. The van der Waals surface area contributed by atoms with Crippen LogP contribution in [0.5, 0.6) is 0 Å². The van der Waals surface area contributed by atoms with Gasteiger partial charge in [-0.05, 0) is 37.5 Å². The van der Waals surface area contributed by atoms with Crippen molar-refractivity contribution in [2.24, 2.45) is 10.9 Å². The SMILES string of the molecule is Cc1c(Cl)cccc1C(=O)NC1(/C(N)=N/O)CCCC1. The summed E-state index contributed by atoms with van der Waals surface area (Å²) in [6.07, 6.45) is 3.22. The maximum atomic E-state index is 12.4. The Balaban J connectivity index is 2.28. The summed E-state index contributed by atoms with van der Waals surface area (Å²) in [4.78, 5) is 12.4. The topological polar surface area (TPSA) is 87.7 Å². The van der Waals surface area contributed by atoms with E-state index in [1.165, 1.54) is 0 Å². The first kappa shape index (κ1) is 14.7. The van der Waals surface area contributed by atoms with Crippen molar-refractivity contribution in [3.8, 4) is 0 Å². The van der Waals surface area contributed by atoms with Gasteiger partial charge in [0.1, 0.15) is 5.54 Å². The fourth-order valence-electron chi connectivity index (χ4n) is 2.66. The molecule has 0 aromatic heterocycles. The van der Waals surface area contributed by atoms with Crippen LogP contribution in [-0.4, -0.2) is 22.5 Å². The van der Waals surface area contributed by atoms with Gasteiger partial charge in [-0.15, -0.1) is 0 Å². The van der Waals surface area contributed by atoms with Gasteiger partial charge in [0, 0.05) is 10.6 Å². The first-order valence-electron chi connectivity index (χ1n) is 6.56. The van der Waals surface area contributed by atoms with Crippen molar-refractivity contribution in [1.29, 1.82) is 0 Å². The number of nitrogens with zero attached hydrogens (tertiary/aromatic N) is 1. The van der Waals surface area contributed by atoms with E-state index in [0.717, 1.165) is 18.4 Å². The number of benzene rings is 1. The zero-order valence-electron chi connectivity index (χ0n) is 11.3. The minimum absolute atomic E-state index is 0.0584. The standard InChI is InChI=1S/C14H18ClN3O2/c1-9-10(5-4-6-11(9)15)12(19)17-14(13(16)18-20)7-2-3-8-14/h4-6,20H,2-3,7-8H2,1H3,(H2,16,18)(H,17,19). The Morgan fingerprint density at radius 1 is 1.45 bits per heavy atom. The Morgan fingerprint density at radius 3 is 2.70 bits per heavy atom. The first-order valence-corrected chi connectivity index (χ1v) is 6.93. The van der Waals surface area contributed by atoms with Crippen molar-refractivity contribution >= 4 is 23.3 Å². The highest BCUT2D eigenvalue weighted by Gasteiger charge is 2.40. The van der Waals surface area contributed by atoms with Crippen LogP contribution in [0.1, 0.15) is 41.6 Å². The number of hydrogen-bond donors (Lipinski definition) is 3. The third-order valence-corrected chi connectivity index (χ3v) is 4.33. The summed E-state index contributed by atoms with van der Waals surface area (Å²) in [6, 6.07) is 5.18. The number of nitrogens with two attached hydrogens (primary N) is 1. The molecule has 0 heterocycles. The highest BCUT2D eigenvalue weighted by atomic mass is 35.5.